The third kappa shape index (κ3) is 3.02. The number of halogens is 2. The summed E-state index contributed by atoms with van der Waals surface area (Å²) in [5.74, 6) is -3.25. The van der Waals surface area contributed by atoms with Crippen molar-refractivity contribution in [2.75, 3.05) is 5.32 Å². The van der Waals surface area contributed by atoms with Gasteiger partial charge < -0.3 is 10.4 Å². The summed E-state index contributed by atoms with van der Waals surface area (Å²) < 4.78 is 27.9. The molecule has 21 heavy (non-hydrogen) atoms. The number of anilines is 2. The number of rotatable bonds is 3. The van der Waals surface area contributed by atoms with E-state index in [4.69, 9.17) is 5.11 Å². The number of carbonyl (C=O) groups is 1. The molecule has 110 valence electrons. The number of aromatic carboxylic acids is 1. The van der Waals surface area contributed by atoms with E-state index < -0.39 is 23.2 Å². The Hall–Kier alpha value is -2.43. The van der Waals surface area contributed by atoms with Crippen molar-refractivity contribution < 1.29 is 18.7 Å². The van der Waals surface area contributed by atoms with E-state index in [1.165, 1.54) is 0 Å². The van der Waals surface area contributed by atoms with Crippen LogP contribution in [0.15, 0.2) is 24.3 Å². The van der Waals surface area contributed by atoms with Gasteiger partial charge in [-0.1, -0.05) is 17.7 Å². The SMILES string of the molecule is Cc1cc(C)c(Nc2c(F)cc(C(=O)O)cc2F)c(C)c1. The quantitative estimate of drug-likeness (QED) is 0.884. The van der Waals surface area contributed by atoms with E-state index in [2.05, 4.69) is 5.32 Å². The molecule has 0 aliphatic rings. The Morgan fingerprint density at radius 3 is 1.86 bits per heavy atom. The minimum atomic E-state index is -1.37. The Morgan fingerprint density at radius 2 is 1.43 bits per heavy atom. The second-order valence-corrected chi connectivity index (χ2v) is 5.02. The van der Waals surface area contributed by atoms with Crippen LogP contribution < -0.4 is 5.32 Å². The van der Waals surface area contributed by atoms with Gasteiger partial charge in [0.1, 0.15) is 5.69 Å². The van der Waals surface area contributed by atoms with Gasteiger partial charge in [-0.15, -0.1) is 0 Å². The number of carboxylic acids is 1. The fourth-order valence-corrected chi connectivity index (χ4v) is 2.32. The second kappa shape index (κ2) is 5.52. The Kier molecular flexibility index (Phi) is 3.93. The molecule has 0 unspecified atom stereocenters. The van der Waals surface area contributed by atoms with Gasteiger partial charge in [-0.05, 0) is 44.0 Å². The van der Waals surface area contributed by atoms with Gasteiger partial charge in [0.25, 0.3) is 0 Å². The largest absolute Gasteiger partial charge is 0.478 e. The second-order valence-electron chi connectivity index (χ2n) is 5.02. The molecule has 0 atom stereocenters. The number of hydrogen-bond donors (Lipinski definition) is 2. The number of carboxylic acid groups (broad SMARTS) is 1. The standard InChI is InChI=1S/C16H15F2NO2/c1-8-4-9(2)14(10(3)5-8)19-15-12(17)6-11(16(20)21)7-13(15)18/h4-7,19H,1-3H3,(H,20,21). The molecule has 0 aliphatic heterocycles. The summed E-state index contributed by atoms with van der Waals surface area (Å²) in [6.07, 6.45) is 0. The molecule has 0 bridgehead atoms. The molecule has 0 saturated heterocycles. The van der Waals surface area contributed by atoms with Crippen LogP contribution in [-0.2, 0) is 0 Å². The highest BCUT2D eigenvalue weighted by Crippen LogP contribution is 2.29. The lowest BCUT2D eigenvalue weighted by Crippen LogP contribution is -2.05. The molecule has 0 amide bonds. The van der Waals surface area contributed by atoms with Crippen molar-refractivity contribution in [3.8, 4) is 0 Å². The number of aryl methyl sites for hydroxylation is 3. The van der Waals surface area contributed by atoms with E-state index in [0.29, 0.717) is 5.69 Å². The van der Waals surface area contributed by atoms with Gasteiger partial charge in [0, 0.05) is 5.69 Å². The van der Waals surface area contributed by atoms with Gasteiger partial charge in [-0.2, -0.15) is 0 Å². The predicted molar refractivity (Wildman–Crippen MR) is 77.3 cm³/mol. The first-order valence-electron chi connectivity index (χ1n) is 6.37. The number of hydrogen-bond acceptors (Lipinski definition) is 2. The van der Waals surface area contributed by atoms with E-state index in [-0.39, 0.29) is 5.69 Å². The highest BCUT2D eigenvalue weighted by atomic mass is 19.1. The van der Waals surface area contributed by atoms with E-state index in [1.54, 1.807) is 0 Å². The fourth-order valence-electron chi connectivity index (χ4n) is 2.32. The first-order chi connectivity index (χ1) is 9.79. The van der Waals surface area contributed by atoms with Crippen molar-refractivity contribution in [1.82, 2.24) is 0 Å². The smallest absolute Gasteiger partial charge is 0.335 e. The molecule has 2 N–H and O–H groups in total. The Balaban J connectivity index is 2.48. The Bertz CT molecular complexity index is 680. The van der Waals surface area contributed by atoms with E-state index >= 15 is 0 Å². The molecule has 0 radical (unpaired) electrons. The zero-order valence-corrected chi connectivity index (χ0v) is 11.9. The average molecular weight is 291 g/mol. The van der Waals surface area contributed by atoms with Crippen LogP contribution in [0.4, 0.5) is 20.2 Å². The highest BCUT2D eigenvalue weighted by molar-refractivity contribution is 5.88. The third-order valence-electron chi connectivity index (χ3n) is 3.22. The van der Waals surface area contributed by atoms with Crippen LogP contribution in [0.2, 0.25) is 0 Å². The van der Waals surface area contributed by atoms with Gasteiger partial charge >= 0.3 is 5.97 Å². The Labute approximate surface area is 121 Å². The third-order valence-corrected chi connectivity index (χ3v) is 3.22. The average Bonchev–Trinajstić information content (AvgIpc) is 2.35. The molecule has 0 saturated carbocycles. The maximum atomic E-state index is 13.9. The summed E-state index contributed by atoms with van der Waals surface area (Å²) >= 11 is 0. The first-order valence-corrected chi connectivity index (χ1v) is 6.37. The lowest BCUT2D eigenvalue weighted by atomic mass is 10.0. The minimum Gasteiger partial charge on any atom is -0.478 e. The van der Waals surface area contributed by atoms with Crippen molar-refractivity contribution in [1.29, 1.82) is 0 Å². The number of nitrogens with one attached hydrogen (secondary N) is 1. The summed E-state index contributed by atoms with van der Waals surface area (Å²) in [6, 6.07) is 5.40. The zero-order valence-electron chi connectivity index (χ0n) is 11.9. The maximum Gasteiger partial charge on any atom is 0.335 e. The van der Waals surface area contributed by atoms with Gasteiger partial charge in [0.05, 0.1) is 5.56 Å². The van der Waals surface area contributed by atoms with E-state index in [1.807, 2.05) is 32.9 Å². The van der Waals surface area contributed by atoms with Crippen LogP contribution in [0.3, 0.4) is 0 Å². The van der Waals surface area contributed by atoms with Crippen LogP contribution in [0.25, 0.3) is 0 Å². The van der Waals surface area contributed by atoms with Gasteiger partial charge in [0.15, 0.2) is 11.6 Å². The molecule has 0 aliphatic carbocycles. The zero-order chi connectivity index (χ0) is 15.7. The van der Waals surface area contributed by atoms with Crippen LogP contribution in [0.5, 0.6) is 0 Å². The van der Waals surface area contributed by atoms with Crippen LogP contribution in [0, 0.1) is 32.4 Å². The summed E-state index contributed by atoms with van der Waals surface area (Å²) in [4.78, 5) is 10.8. The molecule has 0 aromatic heterocycles. The maximum absolute atomic E-state index is 13.9. The minimum absolute atomic E-state index is 0.352. The highest BCUT2D eigenvalue weighted by Gasteiger charge is 2.16. The van der Waals surface area contributed by atoms with Crippen molar-refractivity contribution in [3.63, 3.8) is 0 Å². The van der Waals surface area contributed by atoms with Crippen LogP contribution in [-0.4, -0.2) is 11.1 Å². The molecule has 2 aromatic rings. The number of benzene rings is 2. The summed E-state index contributed by atoms with van der Waals surface area (Å²) in [5, 5.41) is 11.5. The molecular formula is C16H15F2NO2. The lowest BCUT2D eigenvalue weighted by molar-refractivity contribution is 0.0696. The van der Waals surface area contributed by atoms with Crippen LogP contribution in [0.1, 0.15) is 27.0 Å². The van der Waals surface area contributed by atoms with Crippen molar-refractivity contribution >= 4 is 17.3 Å². The normalized spacial score (nSPS) is 10.5. The van der Waals surface area contributed by atoms with Gasteiger partial charge in [0.2, 0.25) is 0 Å². The monoisotopic (exact) mass is 291 g/mol. The van der Waals surface area contributed by atoms with Crippen molar-refractivity contribution in [2.45, 2.75) is 20.8 Å². The van der Waals surface area contributed by atoms with E-state index in [9.17, 15) is 13.6 Å². The molecule has 0 heterocycles. The first kappa shape index (κ1) is 15.0. The molecule has 3 nitrogen and oxygen atoms in total. The fraction of sp³-hybridized carbons (Fsp3) is 0.188. The van der Waals surface area contributed by atoms with Crippen molar-refractivity contribution in [2.24, 2.45) is 0 Å². The lowest BCUT2D eigenvalue weighted by Gasteiger charge is -2.15. The molecule has 5 heteroatoms. The predicted octanol–water partition coefficient (Wildman–Crippen LogP) is 4.33. The molecule has 0 fully saturated rings. The van der Waals surface area contributed by atoms with Gasteiger partial charge in [-0.3, -0.25) is 0 Å². The van der Waals surface area contributed by atoms with Gasteiger partial charge in [-0.25, -0.2) is 13.6 Å². The Morgan fingerprint density at radius 1 is 0.952 bits per heavy atom. The molecule has 2 rings (SSSR count). The summed E-state index contributed by atoms with van der Waals surface area (Å²) in [7, 11) is 0. The molecule has 0 spiro atoms. The summed E-state index contributed by atoms with van der Waals surface area (Å²) in [6.45, 7) is 5.61. The molecular weight excluding hydrogens is 276 g/mol. The topological polar surface area (TPSA) is 49.3 Å². The van der Waals surface area contributed by atoms with Crippen molar-refractivity contribution in [3.05, 3.63) is 58.2 Å². The molecule has 2 aromatic carbocycles. The van der Waals surface area contributed by atoms with E-state index in [0.717, 1.165) is 28.8 Å². The summed E-state index contributed by atoms with van der Waals surface area (Å²) in [5.41, 5.74) is 2.60. The van der Waals surface area contributed by atoms with Crippen LogP contribution >= 0.6 is 0 Å².